The second-order valence-electron chi connectivity index (χ2n) is 4.52. The van der Waals surface area contributed by atoms with Gasteiger partial charge < -0.3 is 10.2 Å². The van der Waals surface area contributed by atoms with Gasteiger partial charge in [-0.1, -0.05) is 0 Å². The maximum atomic E-state index is 13.0. The minimum absolute atomic E-state index is 0.101. The Morgan fingerprint density at radius 1 is 1.44 bits per heavy atom. The third kappa shape index (κ3) is 3.02. The zero-order valence-corrected chi connectivity index (χ0v) is 11.8. The number of hydrogen-bond donors (Lipinski definition) is 1. The molecular weight excluding hydrogens is 299 g/mol. The molecule has 0 bridgehead atoms. The van der Waals surface area contributed by atoms with Crippen molar-refractivity contribution in [3.05, 3.63) is 28.5 Å². The number of rotatable bonds is 3. The minimum atomic E-state index is -0.301. The number of benzene rings is 1. The van der Waals surface area contributed by atoms with Crippen LogP contribution in [0.25, 0.3) is 0 Å². The smallest absolute Gasteiger partial charge is 0.244 e. The fourth-order valence-electron chi connectivity index (χ4n) is 2.11. The van der Waals surface area contributed by atoms with Crippen LogP contribution >= 0.6 is 15.9 Å². The van der Waals surface area contributed by atoms with E-state index in [0.717, 1.165) is 31.6 Å². The van der Waals surface area contributed by atoms with Gasteiger partial charge in [0.1, 0.15) is 11.9 Å². The molecule has 1 amide bonds. The van der Waals surface area contributed by atoms with Crippen molar-refractivity contribution in [1.82, 2.24) is 4.90 Å². The maximum absolute atomic E-state index is 13.0. The Hall–Kier alpha value is -1.10. The molecule has 1 saturated heterocycles. The second-order valence-corrected chi connectivity index (χ2v) is 5.38. The number of anilines is 1. The molecule has 1 unspecified atom stereocenters. The largest absolute Gasteiger partial charge is 0.373 e. The molecule has 1 atom stereocenters. The van der Waals surface area contributed by atoms with E-state index in [-0.39, 0.29) is 17.8 Å². The van der Waals surface area contributed by atoms with E-state index >= 15 is 0 Å². The first-order valence-corrected chi connectivity index (χ1v) is 6.87. The van der Waals surface area contributed by atoms with Gasteiger partial charge in [0, 0.05) is 23.2 Å². The van der Waals surface area contributed by atoms with E-state index in [4.69, 9.17) is 0 Å². The average Bonchev–Trinajstić information content (AvgIpc) is 2.85. The van der Waals surface area contributed by atoms with Crippen LogP contribution in [-0.2, 0) is 4.79 Å². The Labute approximate surface area is 114 Å². The highest BCUT2D eigenvalue weighted by Gasteiger charge is 2.23. The van der Waals surface area contributed by atoms with E-state index in [1.54, 1.807) is 6.07 Å². The molecule has 1 heterocycles. The maximum Gasteiger partial charge on any atom is 0.244 e. The molecule has 1 aliphatic heterocycles. The lowest BCUT2D eigenvalue weighted by Gasteiger charge is -2.22. The Bertz CT molecular complexity index is 447. The topological polar surface area (TPSA) is 32.3 Å². The van der Waals surface area contributed by atoms with Crippen LogP contribution in [0.2, 0.25) is 0 Å². The molecule has 5 heteroatoms. The van der Waals surface area contributed by atoms with E-state index in [9.17, 15) is 9.18 Å². The van der Waals surface area contributed by atoms with Crippen LogP contribution in [0.15, 0.2) is 22.7 Å². The molecule has 1 aromatic rings. The summed E-state index contributed by atoms with van der Waals surface area (Å²) in [6.45, 7) is 3.52. The molecule has 1 aliphatic rings. The molecule has 1 aromatic carbocycles. The van der Waals surface area contributed by atoms with E-state index in [2.05, 4.69) is 21.2 Å². The normalized spacial score (nSPS) is 16.7. The quantitative estimate of drug-likeness (QED) is 0.930. The molecule has 0 aliphatic carbocycles. The van der Waals surface area contributed by atoms with E-state index in [0.29, 0.717) is 4.47 Å². The highest BCUT2D eigenvalue weighted by atomic mass is 79.9. The van der Waals surface area contributed by atoms with Gasteiger partial charge in [-0.25, -0.2) is 4.39 Å². The Morgan fingerprint density at radius 3 is 2.72 bits per heavy atom. The summed E-state index contributed by atoms with van der Waals surface area (Å²) in [5, 5.41) is 3.11. The number of carbonyl (C=O) groups excluding carboxylic acids is 1. The molecule has 0 saturated carbocycles. The fraction of sp³-hybridized carbons (Fsp3) is 0.462. The van der Waals surface area contributed by atoms with Gasteiger partial charge >= 0.3 is 0 Å². The van der Waals surface area contributed by atoms with Crippen molar-refractivity contribution < 1.29 is 9.18 Å². The molecule has 0 spiro atoms. The van der Waals surface area contributed by atoms with Crippen molar-refractivity contribution in [2.45, 2.75) is 25.8 Å². The van der Waals surface area contributed by atoms with Gasteiger partial charge in [0.05, 0.1) is 0 Å². The van der Waals surface area contributed by atoms with Gasteiger partial charge in [-0.3, -0.25) is 4.79 Å². The van der Waals surface area contributed by atoms with E-state index in [1.165, 1.54) is 12.1 Å². The van der Waals surface area contributed by atoms with Crippen molar-refractivity contribution in [3.8, 4) is 0 Å². The van der Waals surface area contributed by atoms with Crippen molar-refractivity contribution in [1.29, 1.82) is 0 Å². The van der Waals surface area contributed by atoms with Crippen molar-refractivity contribution in [3.63, 3.8) is 0 Å². The van der Waals surface area contributed by atoms with Gasteiger partial charge in [-0.05, 0) is 53.9 Å². The third-order valence-electron chi connectivity index (χ3n) is 3.09. The molecule has 3 nitrogen and oxygen atoms in total. The van der Waals surface area contributed by atoms with Crippen LogP contribution in [0, 0.1) is 5.82 Å². The summed E-state index contributed by atoms with van der Waals surface area (Å²) in [6.07, 6.45) is 2.16. The number of halogens is 2. The highest BCUT2D eigenvalue weighted by molar-refractivity contribution is 9.10. The number of nitrogens with one attached hydrogen (secondary N) is 1. The Balaban J connectivity index is 2.01. The summed E-state index contributed by atoms with van der Waals surface area (Å²) >= 11 is 3.28. The lowest BCUT2D eigenvalue weighted by Crippen LogP contribution is -2.39. The van der Waals surface area contributed by atoms with Crippen LogP contribution in [0.5, 0.6) is 0 Å². The lowest BCUT2D eigenvalue weighted by atomic mass is 10.2. The molecule has 18 heavy (non-hydrogen) atoms. The zero-order chi connectivity index (χ0) is 13.1. The number of carbonyl (C=O) groups is 1. The number of amides is 1. The molecule has 0 radical (unpaired) electrons. The summed E-state index contributed by atoms with van der Waals surface area (Å²) in [5.41, 5.74) is 0.733. The van der Waals surface area contributed by atoms with E-state index < -0.39 is 0 Å². The summed E-state index contributed by atoms with van der Waals surface area (Å²) < 4.78 is 13.6. The van der Waals surface area contributed by atoms with Crippen molar-refractivity contribution in [2.24, 2.45) is 0 Å². The number of hydrogen-bond acceptors (Lipinski definition) is 2. The summed E-state index contributed by atoms with van der Waals surface area (Å²) in [7, 11) is 0. The molecule has 0 aromatic heterocycles. The van der Waals surface area contributed by atoms with Crippen LogP contribution in [0.4, 0.5) is 10.1 Å². The SMILES string of the molecule is CC(Nc1ccc(F)cc1Br)C(=O)N1CCCC1. The number of likely N-dealkylation sites (tertiary alicyclic amines) is 1. The average molecular weight is 315 g/mol. The molecule has 1 fully saturated rings. The number of nitrogens with zero attached hydrogens (tertiary/aromatic N) is 1. The van der Waals surface area contributed by atoms with Gasteiger partial charge in [-0.2, -0.15) is 0 Å². The predicted octanol–water partition coefficient (Wildman–Crippen LogP) is 3.01. The Kier molecular flexibility index (Phi) is 4.22. The second kappa shape index (κ2) is 5.69. The molecule has 1 N–H and O–H groups in total. The van der Waals surface area contributed by atoms with Crippen LogP contribution < -0.4 is 5.32 Å². The Morgan fingerprint density at radius 2 is 2.11 bits per heavy atom. The van der Waals surface area contributed by atoms with Crippen LogP contribution in [0.1, 0.15) is 19.8 Å². The van der Waals surface area contributed by atoms with Crippen molar-refractivity contribution >= 4 is 27.5 Å². The summed E-state index contributed by atoms with van der Waals surface area (Å²) in [5.74, 6) is -0.199. The zero-order valence-electron chi connectivity index (χ0n) is 10.2. The predicted molar refractivity (Wildman–Crippen MR) is 73.0 cm³/mol. The first-order valence-electron chi connectivity index (χ1n) is 6.08. The van der Waals surface area contributed by atoms with Gasteiger partial charge in [0.2, 0.25) is 5.91 Å². The van der Waals surface area contributed by atoms with E-state index in [1.807, 2.05) is 11.8 Å². The van der Waals surface area contributed by atoms with Gasteiger partial charge in [0.15, 0.2) is 0 Å². The lowest BCUT2D eigenvalue weighted by molar-refractivity contribution is -0.130. The van der Waals surface area contributed by atoms with Gasteiger partial charge in [-0.15, -0.1) is 0 Å². The first kappa shape index (κ1) is 13.3. The fourth-order valence-corrected chi connectivity index (χ4v) is 2.58. The summed E-state index contributed by atoms with van der Waals surface area (Å²) in [4.78, 5) is 14.0. The third-order valence-corrected chi connectivity index (χ3v) is 3.75. The minimum Gasteiger partial charge on any atom is -0.373 e. The molecular formula is C13H16BrFN2O. The van der Waals surface area contributed by atoms with Crippen LogP contribution in [-0.4, -0.2) is 29.9 Å². The molecule has 98 valence electrons. The van der Waals surface area contributed by atoms with Gasteiger partial charge in [0.25, 0.3) is 0 Å². The van der Waals surface area contributed by atoms with Crippen LogP contribution in [0.3, 0.4) is 0 Å². The first-order chi connectivity index (χ1) is 8.58. The summed E-state index contributed by atoms with van der Waals surface area (Å²) in [6, 6.07) is 4.09. The molecule has 2 rings (SSSR count). The van der Waals surface area contributed by atoms with Crippen molar-refractivity contribution in [2.75, 3.05) is 18.4 Å². The monoisotopic (exact) mass is 314 g/mol. The highest BCUT2D eigenvalue weighted by Crippen LogP contribution is 2.24. The standard InChI is InChI=1S/C13H16BrFN2O/c1-9(13(18)17-6-2-3-7-17)16-12-5-4-10(15)8-11(12)14/h4-5,8-9,16H,2-3,6-7H2,1H3.